The Bertz CT molecular complexity index is 394. The van der Waals surface area contributed by atoms with Crippen molar-refractivity contribution < 1.29 is 14.1 Å². The Morgan fingerprint density at radius 2 is 2.21 bits per heavy atom. The molecule has 0 saturated heterocycles. The Labute approximate surface area is 92.0 Å². The zero-order chi connectivity index (χ0) is 10.7. The van der Waals surface area contributed by atoms with Crippen molar-refractivity contribution in [3.63, 3.8) is 0 Å². The highest BCUT2D eigenvalue weighted by Gasteiger charge is 2.11. The standard InChI is InChI=1S/C8H8BrNO3S/c1-10-14(13)5-2-3-7(9)6(4-5)8(11)12/h2-4,10H,1H3,(H,11,12). The van der Waals surface area contributed by atoms with Crippen LogP contribution in [0.25, 0.3) is 0 Å². The van der Waals surface area contributed by atoms with Crippen LogP contribution in [0, 0.1) is 0 Å². The van der Waals surface area contributed by atoms with Crippen molar-refractivity contribution in [2.75, 3.05) is 7.05 Å². The van der Waals surface area contributed by atoms with E-state index in [-0.39, 0.29) is 5.56 Å². The Hall–Kier alpha value is -0.720. The Morgan fingerprint density at radius 1 is 1.57 bits per heavy atom. The van der Waals surface area contributed by atoms with Crippen LogP contribution >= 0.6 is 15.9 Å². The summed E-state index contributed by atoms with van der Waals surface area (Å²) in [7, 11) is 0.181. The number of nitrogens with one attached hydrogen (secondary N) is 1. The number of benzene rings is 1. The minimum atomic E-state index is -1.36. The summed E-state index contributed by atoms with van der Waals surface area (Å²) < 4.78 is 14.3. The highest BCUT2D eigenvalue weighted by molar-refractivity contribution is 9.10. The van der Waals surface area contributed by atoms with Gasteiger partial charge in [-0.25, -0.2) is 13.7 Å². The molecule has 1 unspecified atom stereocenters. The summed E-state index contributed by atoms with van der Waals surface area (Å²) in [5.41, 5.74) is 0.103. The van der Waals surface area contributed by atoms with Crippen molar-refractivity contribution in [1.29, 1.82) is 0 Å². The molecule has 0 aliphatic carbocycles. The SMILES string of the molecule is CNS(=O)c1ccc(Br)c(C(=O)O)c1. The van der Waals surface area contributed by atoms with E-state index in [0.29, 0.717) is 9.37 Å². The quantitative estimate of drug-likeness (QED) is 0.878. The maximum Gasteiger partial charge on any atom is 0.336 e. The molecule has 0 aromatic heterocycles. The van der Waals surface area contributed by atoms with Crippen molar-refractivity contribution in [3.05, 3.63) is 28.2 Å². The minimum absolute atomic E-state index is 0.103. The number of carbonyl (C=O) groups is 1. The molecule has 0 saturated carbocycles. The van der Waals surface area contributed by atoms with Crippen molar-refractivity contribution in [1.82, 2.24) is 4.72 Å². The average molecular weight is 278 g/mol. The van der Waals surface area contributed by atoms with Crippen molar-refractivity contribution in [3.8, 4) is 0 Å². The van der Waals surface area contributed by atoms with E-state index in [9.17, 15) is 9.00 Å². The number of rotatable bonds is 3. The third-order valence-electron chi connectivity index (χ3n) is 1.57. The molecule has 0 aliphatic rings. The van der Waals surface area contributed by atoms with Gasteiger partial charge in [0, 0.05) is 4.47 Å². The predicted octanol–water partition coefficient (Wildman–Crippen LogP) is 1.39. The van der Waals surface area contributed by atoms with Gasteiger partial charge in [0.05, 0.1) is 10.5 Å². The molecule has 1 aromatic rings. The summed E-state index contributed by atoms with van der Waals surface area (Å²) in [6, 6.07) is 4.54. The number of hydrogen-bond acceptors (Lipinski definition) is 2. The van der Waals surface area contributed by atoms with Gasteiger partial charge in [-0.2, -0.15) is 0 Å². The fourth-order valence-electron chi connectivity index (χ4n) is 0.901. The van der Waals surface area contributed by atoms with Gasteiger partial charge in [-0.1, -0.05) is 0 Å². The molecule has 0 fully saturated rings. The van der Waals surface area contributed by atoms with Crippen molar-refractivity contribution in [2.24, 2.45) is 0 Å². The first-order valence-corrected chi connectivity index (χ1v) is 5.62. The fraction of sp³-hybridized carbons (Fsp3) is 0.125. The van der Waals surface area contributed by atoms with E-state index in [2.05, 4.69) is 20.7 Å². The summed E-state index contributed by atoms with van der Waals surface area (Å²) in [6.45, 7) is 0. The largest absolute Gasteiger partial charge is 0.478 e. The zero-order valence-corrected chi connectivity index (χ0v) is 9.68. The van der Waals surface area contributed by atoms with Gasteiger partial charge < -0.3 is 5.11 Å². The van der Waals surface area contributed by atoms with Crippen LogP contribution in [-0.4, -0.2) is 22.3 Å². The van der Waals surface area contributed by atoms with Gasteiger partial charge in [0.1, 0.15) is 11.0 Å². The zero-order valence-electron chi connectivity index (χ0n) is 7.28. The highest BCUT2D eigenvalue weighted by atomic mass is 79.9. The normalized spacial score (nSPS) is 12.4. The number of aromatic carboxylic acids is 1. The fourth-order valence-corrected chi connectivity index (χ4v) is 1.97. The second kappa shape index (κ2) is 4.68. The molecule has 0 heterocycles. The third-order valence-corrected chi connectivity index (χ3v) is 3.31. The summed E-state index contributed by atoms with van der Waals surface area (Å²) in [5.74, 6) is -1.05. The molecular formula is C8H8BrNO3S. The molecule has 6 heteroatoms. The van der Waals surface area contributed by atoms with E-state index in [4.69, 9.17) is 5.11 Å². The molecule has 0 radical (unpaired) electrons. The van der Waals surface area contributed by atoms with E-state index in [1.165, 1.54) is 6.07 Å². The molecule has 1 rings (SSSR count). The van der Waals surface area contributed by atoms with Gasteiger partial charge in [-0.15, -0.1) is 0 Å². The molecule has 14 heavy (non-hydrogen) atoms. The highest BCUT2D eigenvalue weighted by Crippen LogP contribution is 2.19. The van der Waals surface area contributed by atoms with Gasteiger partial charge >= 0.3 is 5.97 Å². The molecule has 0 spiro atoms. The Morgan fingerprint density at radius 3 is 2.71 bits per heavy atom. The summed E-state index contributed by atoms with van der Waals surface area (Å²) in [4.78, 5) is 11.2. The lowest BCUT2D eigenvalue weighted by Gasteiger charge is -2.03. The van der Waals surface area contributed by atoms with Crippen LogP contribution in [-0.2, 0) is 11.0 Å². The lowest BCUT2D eigenvalue weighted by atomic mass is 10.2. The monoisotopic (exact) mass is 277 g/mol. The van der Waals surface area contributed by atoms with Crippen LogP contribution in [0.3, 0.4) is 0 Å². The summed E-state index contributed by atoms with van der Waals surface area (Å²) in [6.07, 6.45) is 0. The first kappa shape index (κ1) is 11.4. The van der Waals surface area contributed by atoms with Crippen LogP contribution in [0.5, 0.6) is 0 Å². The average Bonchev–Trinajstić information content (AvgIpc) is 2.17. The van der Waals surface area contributed by atoms with E-state index in [1.54, 1.807) is 19.2 Å². The van der Waals surface area contributed by atoms with Crippen LogP contribution in [0.1, 0.15) is 10.4 Å². The molecule has 0 bridgehead atoms. The first-order chi connectivity index (χ1) is 6.56. The van der Waals surface area contributed by atoms with Crippen LogP contribution < -0.4 is 4.72 Å². The van der Waals surface area contributed by atoms with E-state index >= 15 is 0 Å². The minimum Gasteiger partial charge on any atom is -0.478 e. The topological polar surface area (TPSA) is 66.4 Å². The maximum atomic E-state index is 11.3. The maximum absolute atomic E-state index is 11.3. The van der Waals surface area contributed by atoms with Gasteiger partial charge in [0.15, 0.2) is 0 Å². The lowest BCUT2D eigenvalue weighted by Crippen LogP contribution is -2.11. The van der Waals surface area contributed by atoms with Crippen LogP contribution in [0.4, 0.5) is 0 Å². The number of carboxylic acid groups (broad SMARTS) is 1. The van der Waals surface area contributed by atoms with Crippen molar-refractivity contribution >= 4 is 32.9 Å². The third kappa shape index (κ3) is 2.40. The molecule has 0 amide bonds. The molecule has 76 valence electrons. The number of hydrogen-bond donors (Lipinski definition) is 2. The lowest BCUT2D eigenvalue weighted by molar-refractivity contribution is 0.0695. The predicted molar refractivity (Wildman–Crippen MR) is 56.6 cm³/mol. The molecule has 1 aromatic carbocycles. The summed E-state index contributed by atoms with van der Waals surface area (Å²) in [5, 5.41) is 8.80. The van der Waals surface area contributed by atoms with Crippen LogP contribution in [0.15, 0.2) is 27.6 Å². The Balaban J connectivity index is 3.19. The molecule has 1 atom stereocenters. The number of halogens is 1. The molecular weight excluding hydrogens is 270 g/mol. The smallest absolute Gasteiger partial charge is 0.336 e. The summed E-state index contributed by atoms with van der Waals surface area (Å²) >= 11 is 3.10. The molecule has 2 N–H and O–H groups in total. The Kier molecular flexibility index (Phi) is 3.79. The van der Waals surface area contributed by atoms with E-state index in [1.807, 2.05) is 0 Å². The number of carboxylic acids is 1. The van der Waals surface area contributed by atoms with Crippen LogP contribution in [0.2, 0.25) is 0 Å². The second-order valence-corrected chi connectivity index (χ2v) is 4.69. The van der Waals surface area contributed by atoms with E-state index < -0.39 is 17.0 Å². The molecule has 4 nitrogen and oxygen atoms in total. The van der Waals surface area contributed by atoms with Gasteiger partial charge in [-0.05, 0) is 41.2 Å². The molecule has 0 aliphatic heterocycles. The van der Waals surface area contributed by atoms with E-state index in [0.717, 1.165) is 0 Å². The van der Waals surface area contributed by atoms with Crippen molar-refractivity contribution in [2.45, 2.75) is 4.90 Å². The van der Waals surface area contributed by atoms with Gasteiger partial charge in [0.2, 0.25) is 0 Å². The first-order valence-electron chi connectivity index (χ1n) is 3.68. The van der Waals surface area contributed by atoms with Gasteiger partial charge in [-0.3, -0.25) is 0 Å². The van der Waals surface area contributed by atoms with Gasteiger partial charge in [0.25, 0.3) is 0 Å². The second-order valence-electron chi connectivity index (χ2n) is 2.42.